The molecule has 9 rings (SSSR count). The van der Waals surface area contributed by atoms with Crippen molar-refractivity contribution in [3.8, 4) is 17.3 Å². The molecule has 1 aromatic carbocycles. The van der Waals surface area contributed by atoms with E-state index in [9.17, 15) is 27.6 Å². The maximum absolute atomic E-state index is 14.8. The highest BCUT2D eigenvalue weighted by Crippen LogP contribution is 2.46. The summed E-state index contributed by atoms with van der Waals surface area (Å²) in [6.45, 7) is 4.10. The number of alkyl carbamates (subject to hydrolysis) is 1. The summed E-state index contributed by atoms with van der Waals surface area (Å²) in [5.41, 5.74) is 1.80. The van der Waals surface area contributed by atoms with Crippen molar-refractivity contribution >= 4 is 50.4 Å². The molecule has 3 saturated carbocycles. The number of amides is 4. The summed E-state index contributed by atoms with van der Waals surface area (Å²) in [4.78, 5) is 68.0. The molecule has 5 aliphatic rings. The van der Waals surface area contributed by atoms with Crippen molar-refractivity contribution in [2.24, 2.45) is 5.92 Å². The van der Waals surface area contributed by atoms with E-state index in [1.54, 1.807) is 10.6 Å². The lowest BCUT2D eigenvalue weighted by Crippen LogP contribution is -2.58. The van der Waals surface area contributed by atoms with Gasteiger partial charge in [0, 0.05) is 29.5 Å². The molecule has 0 unspecified atom stereocenters. The Balaban J connectivity index is 1.06. The number of allylic oxidation sites excluding steroid dienone is 1. The van der Waals surface area contributed by atoms with E-state index < -0.39 is 68.7 Å². The molecule has 16 nitrogen and oxygen atoms in total. The normalized spacial score (nSPS) is 26.6. The Morgan fingerprint density at radius 2 is 1.71 bits per heavy atom. The van der Waals surface area contributed by atoms with Gasteiger partial charge in [-0.15, -0.1) is 0 Å². The number of carbonyl (C=O) groups is 4. The van der Waals surface area contributed by atoms with Crippen LogP contribution in [0, 0.1) is 5.92 Å². The monoisotopic (exact) mass is 866 g/mol. The van der Waals surface area contributed by atoms with Crippen molar-refractivity contribution < 1.29 is 37.1 Å². The fourth-order valence-corrected chi connectivity index (χ4v) is 10.5. The van der Waals surface area contributed by atoms with E-state index in [0.717, 1.165) is 49.6 Å². The molecule has 17 heteroatoms. The first-order valence-electron chi connectivity index (χ1n) is 22.1. The van der Waals surface area contributed by atoms with Crippen LogP contribution in [0.1, 0.15) is 109 Å². The molecule has 4 fully saturated rings. The second-order valence-electron chi connectivity index (χ2n) is 17.8. The highest BCUT2D eigenvalue weighted by molar-refractivity contribution is 7.91. The van der Waals surface area contributed by atoms with Gasteiger partial charge >= 0.3 is 6.09 Å². The van der Waals surface area contributed by atoms with Gasteiger partial charge in [-0.1, -0.05) is 57.0 Å². The van der Waals surface area contributed by atoms with Gasteiger partial charge in [0.2, 0.25) is 27.7 Å². The molecule has 328 valence electrons. The van der Waals surface area contributed by atoms with Crippen molar-refractivity contribution in [1.29, 1.82) is 0 Å². The minimum atomic E-state index is -3.92. The number of benzene rings is 1. The van der Waals surface area contributed by atoms with Gasteiger partial charge < -0.3 is 25.0 Å². The second-order valence-corrected chi connectivity index (χ2v) is 19.8. The average molecular weight is 867 g/mol. The quantitative estimate of drug-likeness (QED) is 0.180. The van der Waals surface area contributed by atoms with Crippen LogP contribution in [0.25, 0.3) is 27.9 Å². The largest absolute Gasteiger partial charge is 0.472 e. The van der Waals surface area contributed by atoms with E-state index in [1.165, 1.54) is 4.90 Å². The van der Waals surface area contributed by atoms with Gasteiger partial charge in [-0.05, 0) is 94.4 Å². The number of pyridine rings is 1. The molecule has 0 bridgehead atoms. The number of fused-ring (bicyclic) bond motifs is 5. The maximum Gasteiger partial charge on any atom is 0.408 e. The molecule has 4 amide bonds. The predicted molar refractivity (Wildman–Crippen MR) is 229 cm³/mol. The van der Waals surface area contributed by atoms with Gasteiger partial charge in [0.05, 0.1) is 28.7 Å². The van der Waals surface area contributed by atoms with Crippen LogP contribution in [0.2, 0.25) is 0 Å². The third-order valence-corrected chi connectivity index (χ3v) is 14.7. The number of nitrogens with one attached hydrogen (secondary N) is 3. The molecular formula is C45H54N8O8S. The van der Waals surface area contributed by atoms with Crippen molar-refractivity contribution in [2.75, 3.05) is 6.54 Å². The highest BCUT2D eigenvalue weighted by atomic mass is 32.2. The fraction of sp³-hybridized carbons (Fsp3) is 0.533. The van der Waals surface area contributed by atoms with Crippen LogP contribution in [-0.2, 0) is 29.1 Å². The lowest BCUT2D eigenvalue weighted by Gasteiger charge is -2.30. The van der Waals surface area contributed by atoms with Gasteiger partial charge in [0.25, 0.3) is 5.91 Å². The van der Waals surface area contributed by atoms with Crippen molar-refractivity contribution in [2.45, 2.75) is 138 Å². The minimum absolute atomic E-state index is 0.0242. The van der Waals surface area contributed by atoms with Crippen LogP contribution in [0.15, 0.2) is 60.7 Å². The van der Waals surface area contributed by atoms with E-state index in [2.05, 4.69) is 29.2 Å². The standard InChI is InChI=1S/C45H54N8O8S/c1-27(2)33-19-12-20-35(46-33)37-24-39(53-40(47-37)32-16-10-11-17-34(32)50-53)60-30-23-38-41(54)49-45(43(56)51-62(58,59)31-21-22-31)25-28(45)13-6-4-3-5-7-18-36(42(55)52(38)26-30)48-44(57)61-29-14-8-9-15-29/h6,10-13,16-17,19-20,24,27-31,36,38H,3-5,7-9,14-15,18,21-23,25-26H2,1-2H3,(H,48,57)(H,49,54)(H,51,56)/b13-6-/t28-,30-,36+,38+,45-/m1/s1. The Bertz CT molecular complexity index is 2530. The van der Waals surface area contributed by atoms with Crippen molar-refractivity contribution in [1.82, 2.24) is 39.8 Å². The predicted octanol–water partition coefficient (Wildman–Crippen LogP) is 5.46. The lowest BCUT2D eigenvalue weighted by atomic mass is 10.0. The zero-order valence-electron chi connectivity index (χ0n) is 35.1. The van der Waals surface area contributed by atoms with E-state index in [1.807, 2.05) is 54.6 Å². The Labute approximate surface area is 360 Å². The molecule has 4 aromatic rings. The summed E-state index contributed by atoms with van der Waals surface area (Å²) in [5, 5.41) is 10.8. The van der Waals surface area contributed by atoms with E-state index in [4.69, 9.17) is 24.5 Å². The number of sulfonamides is 1. The molecule has 0 spiro atoms. The SMILES string of the molecule is CC(C)c1cccc(-c2cc(O[C@@H]3C[C@H]4C(=O)N[C@]5(C(=O)NS(=O)(=O)C6CC6)C[C@H]5/C=C\CCCCC[C@H](NC(=O)OC5CCCC5)C(=O)N4C3)n3nc4ccccc4c3n2)n1. The Hall–Kier alpha value is -5.58. The molecule has 2 aliphatic heterocycles. The molecule has 5 atom stereocenters. The number of hydrogen-bond donors (Lipinski definition) is 3. The van der Waals surface area contributed by atoms with Crippen LogP contribution >= 0.6 is 0 Å². The van der Waals surface area contributed by atoms with Gasteiger partial charge in [-0.3, -0.25) is 24.1 Å². The molecule has 3 N–H and O–H groups in total. The van der Waals surface area contributed by atoms with Gasteiger partial charge in [-0.2, -0.15) is 9.61 Å². The first kappa shape index (κ1) is 41.8. The number of aromatic nitrogens is 4. The average Bonchev–Trinajstić information content (AvgIpc) is 4.06. The number of rotatable bonds is 9. The van der Waals surface area contributed by atoms with Crippen molar-refractivity contribution in [3.63, 3.8) is 0 Å². The second kappa shape index (κ2) is 16.9. The number of hydrogen-bond acceptors (Lipinski definition) is 11. The van der Waals surface area contributed by atoms with E-state index in [0.29, 0.717) is 60.5 Å². The van der Waals surface area contributed by atoms with E-state index >= 15 is 0 Å². The minimum Gasteiger partial charge on any atom is -0.472 e. The summed E-state index contributed by atoms with van der Waals surface area (Å²) in [5.74, 6) is -1.83. The number of carbonyl (C=O) groups excluding carboxylic acids is 4. The van der Waals surface area contributed by atoms with Crippen LogP contribution in [-0.4, -0.2) is 98.3 Å². The van der Waals surface area contributed by atoms with Gasteiger partial charge in [0.1, 0.15) is 29.8 Å². The van der Waals surface area contributed by atoms with Crippen LogP contribution in [0.5, 0.6) is 5.88 Å². The maximum atomic E-state index is 14.8. The molecule has 5 heterocycles. The lowest BCUT2D eigenvalue weighted by molar-refractivity contribution is -0.141. The summed E-state index contributed by atoms with van der Waals surface area (Å²) in [7, 11) is -3.92. The third kappa shape index (κ3) is 8.59. The Morgan fingerprint density at radius 3 is 2.50 bits per heavy atom. The third-order valence-electron chi connectivity index (χ3n) is 12.9. The van der Waals surface area contributed by atoms with Crippen molar-refractivity contribution in [3.05, 3.63) is 66.4 Å². The fourth-order valence-electron chi connectivity index (χ4n) is 9.09. The summed E-state index contributed by atoms with van der Waals surface area (Å²) < 4.78 is 42.3. The van der Waals surface area contributed by atoms with Gasteiger partial charge in [-0.25, -0.2) is 18.2 Å². The first-order valence-corrected chi connectivity index (χ1v) is 23.7. The van der Waals surface area contributed by atoms with Gasteiger partial charge in [0.15, 0.2) is 5.65 Å². The summed E-state index contributed by atoms with van der Waals surface area (Å²) >= 11 is 0. The Morgan fingerprint density at radius 1 is 0.919 bits per heavy atom. The highest BCUT2D eigenvalue weighted by Gasteiger charge is 2.62. The number of ether oxygens (including phenoxy) is 2. The summed E-state index contributed by atoms with van der Waals surface area (Å²) in [6.07, 6.45) is 10.0. The zero-order chi connectivity index (χ0) is 43.2. The van der Waals surface area contributed by atoms with E-state index in [-0.39, 0.29) is 31.4 Å². The van der Waals surface area contributed by atoms with Crippen LogP contribution in [0.4, 0.5) is 4.79 Å². The Kier molecular flexibility index (Phi) is 11.4. The summed E-state index contributed by atoms with van der Waals surface area (Å²) in [6, 6.07) is 13.0. The molecule has 0 radical (unpaired) electrons. The number of nitrogens with zero attached hydrogens (tertiary/aromatic N) is 5. The topological polar surface area (TPSA) is 203 Å². The molecule has 3 aliphatic carbocycles. The van der Waals surface area contributed by atoms with Crippen LogP contribution < -0.4 is 20.1 Å². The van der Waals surface area contributed by atoms with Crippen LogP contribution in [0.3, 0.4) is 0 Å². The molecular weight excluding hydrogens is 813 g/mol. The molecule has 3 aromatic heterocycles. The zero-order valence-corrected chi connectivity index (χ0v) is 35.9. The molecule has 1 saturated heterocycles. The first-order chi connectivity index (χ1) is 29.9. The smallest absolute Gasteiger partial charge is 0.408 e. The molecule has 62 heavy (non-hydrogen) atoms.